The monoisotopic (exact) mass is 376 g/mol. The molecule has 21 heavy (non-hydrogen) atoms. The van der Waals surface area contributed by atoms with Gasteiger partial charge in [0.05, 0.1) is 0 Å². The molecule has 1 aliphatic rings. The van der Waals surface area contributed by atoms with Gasteiger partial charge < -0.3 is 15.4 Å². The first kappa shape index (κ1) is 18.4. The van der Waals surface area contributed by atoms with Crippen LogP contribution in [-0.4, -0.2) is 31.7 Å². The number of methoxy groups -OCH3 is 1. The molecule has 6 heteroatoms. The summed E-state index contributed by atoms with van der Waals surface area (Å²) in [5.41, 5.74) is 1.62. The molecular formula is C15H22BrClN2O2. The fraction of sp³-hybridized carbons (Fsp3) is 0.533. The van der Waals surface area contributed by atoms with E-state index in [1.165, 1.54) is 0 Å². The van der Waals surface area contributed by atoms with Crippen LogP contribution in [0.5, 0.6) is 0 Å². The predicted molar refractivity (Wildman–Crippen MR) is 89.8 cm³/mol. The van der Waals surface area contributed by atoms with Crippen molar-refractivity contribution in [3.05, 3.63) is 33.8 Å². The Morgan fingerprint density at radius 1 is 1.43 bits per heavy atom. The number of ether oxygens (including phenoxy) is 1. The van der Waals surface area contributed by atoms with E-state index in [1.807, 2.05) is 19.1 Å². The Kier molecular flexibility index (Phi) is 7.13. The molecule has 1 aromatic rings. The highest BCUT2D eigenvalue weighted by molar-refractivity contribution is 9.10. The molecule has 1 heterocycles. The van der Waals surface area contributed by atoms with Crippen LogP contribution in [0.1, 0.15) is 24.0 Å². The fourth-order valence-corrected chi connectivity index (χ4v) is 3.02. The van der Waals surface area contributed by atoms with Gasteiger partial charge in [0.1, 0.15) is 5.60 Å². The van der Waals surface area contributed by atoms with Crippen LogP contribution >= 0.6 is 28.3 Å². The van der Waals surface area contributed by atoms with Crippen LogP contribution in [0, 0.1) is 6.92 Å². The highest BCUT2D eigenvalue weighted by Gasteiger charge is 2.39. The van der Waals surface area contributed by atoms with Crippen LogP contribution in [0.4, 0.5) is 0 Å². The second-order valence-corrected chi connectivity index (χ2v) is 6.12. The SMILES string of the molecule is COC1(C(=O)NCc2ccc(Br)cc2C)CCNCC1.Cl. The summed E-state index contributed by atoms with van der Waals surface area (Å²) < 4.78 is 6.57. The number of amides is 1. The van der Waals surface area contributed by atoms with Crippen LogP contribution in [-0.2, 0) is 16.1 Å². The summed E-state index contributed by atoms with van der Waals surface area (Å²) >= 11 is 3.44. The first-order valence-electron chi connectivity index (χ1n) is 6.86. The average molecular weight is 378 g/mol. The van der Waals surface area contributed by atoms with E-state index >= 15 is 0 Å². The first-order valence-corrected chi connectivity index (χ1v) is 7.66. The molecule has 1 fully saturated rings. The van der Waals surface area contributed by atoms with E-state index in [1.54, 1.807) is 7.11 Å². The van der Waals surface area contributed by atoms with Gasteiger partial charge in [-0.05, 0) is 56.1 Å². The molecule has 0 saturated carbocycles. The van der Waals surface area contributed by atoms with Gasteiger partial charge in [0.15, 0.2) is 0 Å². The number of piperidine rings is 1. The molecule has 0 atom stereocenters. The Bertz CT molecular complexity index is 491. The van der Waals surface area contributed by atoms with Crippen molar-refractivity contribution in [3.63, 3.8) is 0 Å². The highest BCUT2D eigenvalue weighted by atomic mass is 79.9. The van der Waals surface area contributed by atoms with Crippen LogP contribution in [0.25, 0.3) is 0 Å². The number of halogens is 2. The van der Waals surface area contributed by atoms with Gasteiger partial charge in [0.25, 0.3) is 5.91 Å². The lowest BCUT2D eigenvalue weighted by Crippen LogP contribution is -2.53. The zero-order valence-electron chi connectivity index (χ0n) is 12.4. The zero-order valence-corrected chi connectivity index (χ0v) is 14.8. The van der Waals surface area contributed by atoms with E-state index < -0.39 is 5.60 Å². The Morgan fingerprint density at radius 3 is 2.67 bits per heavy atom. The Hall–Kier alpha value is -0.620. The smallest absolute Gasteiger partial charge is 0.252 e. The molecule has 0 bridgehead atoms. The standard InChI is InChI=1S/C15H21BrN2O2.ClH/c1-11-9-13(16)4-3-12(11)10-18-14(19)15(20-2)5-7-17-8-6-15;/h3-4,9,17H,5-8,10H2,1-2H3,(H,18,19);1H. The van der Waals surface area contributed by atoms with Gasteiger partial charge in [-0.15, -0.1) is 12.4 Å². The van der Waals surface area contributed by atoms with Gasteiger partial charge in [-0.25, -0.2) is 0 Å². The number of hydrogen-bond acceptors (Lipinski definition) is 3. The highest BCUT2D eigenvalue weighted by Crippen LogP contribution is 2.23. The number of rotatable bonds is 4. The molecule has 118 valence electrons. The summed E-state index contributed by atoms with van der Waals surface area (Å²) in [5, 5.41) is 6.27. The Morgan fingerprint density at radius 2 is 2.10 bits per heavy atom. The molecule has 0 spiro atoms. The summed E-state index contributed by atoms with van der Waals surface area (Å²) in [7, 11) is 1.62. The van der Waals surface area contributed by atoms with Crippen LogP contribution in [0.3, 0.4) is 0 Å². The lowest BCUT2D eigenvalue weighted by Gasteiger charge is -2.34. The minimum Gasteiger partial charge on any atom is -0.368 e. The van der Waals surface area contributed by atoms with E-state index in [-0.39, 0.29) is 18.3 Å². The van der Waals surface area contributed by atoms with Gasteiger partial charge in [0.2, 0.25) is 0 Å². The van der Waals surface area contributed by atoms with Crippen LogP contribution in [0.15, 0.2) is 22.7 Å². The summed E-state index contributed by atoms with van der Waals surface area (Å²) in [6.07, 6.45) is 1.43. The Labute approximate surface area is 140 Å². The van der Waals surface area contributed by atoms with Crippen molar-refractivity contribution in [3.8, 4) is 0 Å². The Balaban J connectivity index is 0.00000220. The van der Waals surface area contributed by atoms with E-state index in [2.05, 4.69) is 32.6 Å². The largest absolute Gasteiger partial charge is 0.368 e. The maximum Gasteiger partial charge on any atom is 0.252 e. The lowest BCUT2D eigenvalue weighted by atomic mass is 9.91. The molecule has 4 nitrogen and oxygen atoms in total. The van der Waals surface area contributed by atoms with E-state index in [0.717, 1.165) is 28.7 Å². The predicted octanol–water partition coefficient (Wildman–Crippen LogP) is 2.56. The second-order valence-electron chi connectivity index (χ2n) is 5.20. The minimum absolute atomic E-state index is 0. The maximum atomic E-state index is 12.4. The molecule has 1 amide bonds. The zero-order chi connectivity index (χ0) is 14.6. The summed E-state index contributed by atoms with van der Waals surface area (Å²) in [6, 6.07) is 6.07. The van der Waals surface area contributed by atoms with Crippen LogP contribution in [0.2, 0.25) is 0 Å². The normalized spacial score (nSPS) is 16.9. The van der Waals surface area contributed by atoms with E-state index in [4.69, 9.17) is 4.74 Å². The molecule has 1 aromatic carbocycles. The average Bonchev–Trinajstić information content (AvgIpc) is 2.46. The van der Waals surface area contributed by atoms with Crippen molar-refractivity contribution in [2.24, 2.45) is 0 Å². The summed E-state index contributed by atoms with van der Waals surface area (Å²) in [5.74, 6) is -0.0104. The topological polar surface area (TPSA) is 50.4 Å². The molecule has 0 unspecified atom stereocenters. The third-order valence-corrected chi connectivity index (χ3v) is 4.45. The number of aryl methyl sites for hydroxylation is 1. The number of nitrogens with one attached hydrogen (secondary N) is 2. The van der Waals surface area contributed by atoms with Gasteiger partial charge in [-0.2, -0.15) is 0 Å². The second kappa shape index (κ2) is 8.13. The summed E-state index contributed by atoms with van der Waals surface area (Å²) in [6.45, 7) is 4.22. The number of carbonyl (C=O) groups excluding carboxylic acids is 1. The fourth-order valence-electron chi connectivity index (χ4n) is 2.55. The summed E-state index contributed by atoms with van der Waals surface area (Å²) in [4.78, 5) is 12.4. The lowest BCUT2D eigenvalue weighted by molar-refractivity contribution is -0.146. The molecule has 0 aromatic heterocycles. The van der Waals surface area contributed by atoms with Crippen LogP contribution < -0.4 is 10.6 Å². The molecule has 1 saturated heterocycles. The molecule has 2 N–H and O–H groups in total. The third-order valence-electron chi connectivity index (χ3n) is 3.96. The van der Waals surface area contributed by atoms with E-state index in [0.29, 0.717) is 19.4 Å². The molecule has 2 rings (SSSR count). The third kappa shape index (κ3) is 4.42. The van der Waals surface area contributed by atoms with Crippen molar-refractivity contribution in [1.82, 2.24) is 10.6 Å². The van der Waals surface area contributed by atoms with E-state index in [9.17, 15) is 4.79 Å². The van der Waals surface area contributed by atoms with Crippen molar-refractivity contribution in [2.45, 2.75) is 31.9 Å². The molecular weight excluding hydrogens is 356 g/mol. The quantitative estimate of drug-likeness (QED) is 0.848. The van der Waals surface area contributed by atoms with Gasteiger partial charge in [0, 0.05) is 18.1 Å². The number of carbonyl (C=O) groups is 1. The van der Waals surface area contributed by atoms with Gasteiger partial charge in [-0.3, -0.25) is 4.79 Å². The number of benzene rings is 1. The molecule has 0 aliphatic carbocycles. The van der Waals surface area contributed by atoms with Crippen molar-refractivity contribution >= 4 is 34.2 Å². The van der Waals surface area contributed by atoms with Crippen molar-refractivity contribution in [1.29, 1.82) is 0 Å². The van der Waals surface area contributed by atoms with Crippen molar-refractivity contribution in [2.75, 3.05) is 20.2 Å². The van der Waals surface area contributed by atoms with Gasteiger partial charge >= 0.3 is 0 Å². The van der Waals surface area contributed by atoms with Crippen molar-refractivity contribution < 1.29 is 9.53 Å². The molecule has 0 radical (unpaired) electrons. The number of hydrogen-bond donors (Lipinski definition) is 2. The first-order chi connectivity index (χ1) is 9.57. The minimum atomic E-state index is -0.672. The maximum absolute atomic E-state index is 12.4. The van der Waals surface area contributed by atoms with Gasteiger partial charge in [-0.1, -0.05) is 22.0 Å². The molecule has 1 aliphatic heterocycles.